The summed E-state index contributed by atoms with van der Waals surface area (Å²) in [7, 11) is 0. The highest BCUT2D eigenvalue weighted by Crippen LogP contribution is 2.14. The van der Waals surface area contributed by atoms with Gasteiger partial charge in [-0.3, -0.25) is 9.59 Å². The molecule has 5 nitrogen and oxygen atoms in total. The van der Waals surface area contributed by atoms with Crippen LogP contribution in [0.1, 0.15) is 40.5 Å². The molecule has 2 atom stereocenters. The molecule has 19 heavy (non-hydrogen) atoms. The molecule has 0 aliphatic carbocycles. The van der Waals surface area contributed by atoms with Crippen LogP contribution in [-0.2, 0) is 9.59 Å². The van der Waals surface area contributed by atoms with Gasteiger partial charge in [0.2, 0.25) is 5.91 Å². The van der Waals surface area contributed by atoms with Crippen LogP contribution in [0.5, 0.6) is 0 Å². The summed E-state index contributed by atoms with van der Waals surface area (Å²) < 4.78 is 0. The Kier molecular flexibility index (Phi) is 8.39. The maximum absolute atomic E-state index is 11.8. The summed E-state index contributed by atoms with van der Waals surface area (Å²) in [6.45, 7) is 8.54. The van der Waals surface area contributed by atoms with E-state index in [-0.39, 0.29) is 24.3 Å². The van der Waals surface area contributed by atoms with Crippen molar-refractivity contribution in [3.8, 4) is 0 Å². The van der Waals surface area contributed by atoms with E-state index in [1.54, 1.807) is 0 Å². The molecular weight excluding hydrogens is 244 g/mol. The molecule has 0 spiro atoms. The van der Waals surface area contributed by atoms with E-state index in [2.05, 4.69) is 19.2 Å². The molecule has 1 amide bonds. The fraction of sp³-hybridized carbons (Fsp3) is 0.857. The number of carbonyl (C=O) groups is 2. The Hall–Kier alpha value is -1.10. The summed E-state index contributed by atoms with van der Waals surface area (Å²) in [5, 5.41) is 11.7. The van der Waals surface area contributed by atoms with Crippen LogP contribution in [0.3, 0.4) is 0 Å². The molecule has 2 unspecified atom stereocenters. The SMILES string of the molecule is CC(C)CC(CN)CC(=O)NCC(C(=O)O)C(C)C. The van der Waals surface area contributed by atoms with E-state index < -0.39 is 11.9 Å². The number of aliphatic carboxylic acids is 1. The van der Waals surface area contributed by atoms with Crippen molar-refractivity contribution < 1.29 is 14.7 Å². The largest absolute Gasteiger partial charge is 0.481 e. The van der Waals surface area contributed by atoms with Crippen LogP contribution in [0.2, 0.25) is 0 Å². The van der Waals surface area contributed by atoms with Gasteiger partial charge < -0.3 is 16.2 Å². The second kappa shape index (κ2) is 8.91. The zero-order valence-electron chi connectivity index (χ0n) is 12.5. The number of nitrogens with one attached hydrogen (secondary N) is 1. The van der Waals surface area contributed by atoms with Crippen molar-refractivity contribution in [1.29, 1.82) is 0 Å². The molecule has 0 fully saturated rings. The van der Waals surface area contributed by atoms with Gasteiger partial charge in [-0.15, -0.1) is 0 Å². The zero-order valence-corrected chi connectivity index (χ0v) is 12.5. The van der Waals surface area contributed by atoms with Crippen molar-refractivity contribution in [2.75, 3.05) is 13.1 Å². The summed E-state index contributed by atoms with van der Waals surface area (Å²) >= 11 is 0. The third-order valence-electron chi connectivity index (χ3n) is 3.25. The van der Waals surface area contributed by atoms with Crippen LogP contribution >= 0.6 is 0 Å². The molecule has 0 bridgehead atoms. The van der Waals surface area contributed by atoms with Gasteiger partial charge in [-0.25, -0.2) is 0 Å². The molecule has 4 N–H and O–H groups in total. The lowest BCUT2D eigenvalue weighted by Gasteiger charge is -2.19. The van der Waals surface area contributed by atoms with Gasteiger partial charge in [-0.05, 0) is 30.7 Å². The molecule has 0 saturated heterocycles. The van der Waals surface area contributed by atoms with E-state index in [1.807, 2.05) is 13.8 Å². The van der Waals surface area contributed by atoms with Crippen LogP contribution < -0.4 is 11.1 Å². The molecule has 0 aliphatic heterocycles. The number of amides is 1. The average molecular weight is 272 g/mol. The molecule has 0 aliphatic rings. The fourth-order valence-corrected chi connectivity index (χ4v) is 2.10. The van der Waals surface area contributed by atoms with Crippen molar-refractivity contribution >= 4 is 11.9 Å². The van der Waals surface area contributed by atoms with Gasteiger partial charge in [0.1, 0.15) is 0 Å². The van der Waals surface area contributed by atoms with Gasteiger partial charge in [0.15, 0.2) is 0 Å². The Morgan fingerprint density at radius 1 is 1.21 bits per heavy atom. The van der Waals surface area contributed by atoms with Crippen molar-refractivity contribution in [3.63, 3.8) is 0 Å². The highest BCUT2D eigenvalue weighted by Gasteiger charge is 2.22. The Morgan fingerprint density at radius 2 is 1.79 bits per heavy atom. The Bertz CT molecular complexity index is 290. The van der Waals surface area contributed by atoms with Gasteiger partial charge in [0.25, 0.3) is 0 Å². The summed E-state index contributed by atoms with van der Waals surface area (Å²) in [6, 6.07) is 0. The second-order valence-corrected chi connectivity index (χ2v) is 5.93. The number of hydrogen-bond donors (Lipinski definition) is 3. The smallest absolute Gasteiger partial charge is 0.308 e. The zero-order chi connectivity index (χ0) is 15.0. The minimum atomic E-state index is -0.868. The number of carboxylic acids is 1. The Balaban J connectivity index is 4.19. The quantitative estimate of drug-likeness (QED) is 0.592. The summed E-state index contributed by atoms with van der Waals surface area (Å²) in [5.74, 6) is -0.842. The van der Waals surface area contributed by atoms with E-state index in [0.717, 1.165) is 6.42 Å². The van der Waals surface area contributed by atoms with Crippen LogP contribution in [0.4, 0.5) is 0 Å². The minimum Gasteiger partial charge on any atom is -0.481 e. The van der Waals surface area contributed by atoms with E-state index in [4.69, 9.17) is 10.8 Å². The standard InChI is InChI=1S/C14H28N2O3/c1-9(2)5-11(7-15)6-13(17)16-8-12(10(3)4)14(18)19/h9-12H,5-8,15H2,1-4H3,(H,16,17)(H,18,19). The van der Waals surface area contributed by atoms with Crippen LogP contribution in [0.15, 0.2) is 0 Å². The lowest BCUT2D eigenvalue weighted by molar-refractivity contribution is -0.143. The number of hydrogen-bond acceptors (Lipinski definition) is 3. The van der Waals surface area contributed by atoms with Gasteiger partial charge in [0, 0.05) is 13.0 Å². The Labute approximate surface area is 115 Å². The molecule has 0 heterocycles. The summed E-state index contributed by atoms with van der Waals surface area (Å²) in [5.41, 5.74) is 5.65. The predicted molar refractivity (Wildman–Crippen MR) is 75.6 cm³/mol. The normalized spacial score (nSPS) is 14.5. The van der Waals surface area contributed by atoms with E-state index in [9.17, 15) is 9.59 Å². The maximum Gasteiger partial charge on any atom is 0.308 e. The molecule has 5 heteroatoms. The number of rotatable bonds is 9. The fourth-order valence-electron chi connectivity index (χ4n) is 2.10. The number of nitrogens with two attached hydrogens (primary N) is 1. The molecule has 0 radical (unpaired) electrons. The molecule has 0 aromatic heterocycles. The van der Waals surface area contributed by atoms with Crippen molar-refractivity contribution in [2.45, 2.75) is 40.5 Å². The number of carbonyl (C=O) groups excluding carboxylic acids is 1. The first-order valence-corrected chi connectivity index (χ1v) is 6.97. The number of carboxylic acid groups (broad SMARTS) is 1. The lowest BCUT2D eigenvalue weighted by Crippen LogP contribution is -2.37. The van der Waals surface area contributed by atoms with Crippen LogP contribution in [0.25, 0.3) is 0 Å². The van der Waals surface area contributed by atoms with Crippen LogP contribution in [-0.4, -0.2) is 30.1 Å². The van der Waals surface area contributed by atoms with Gasteiger partial charge >= 0.3 is 5.97 Å². The van der Waals surface area contributed by atoms with E-state index in [1.165, 1.54) is 0 Å². The third kappa shape index (κ3) is 7.82. The molecule has 0 aromatic carbocycles. The van der Waals surface area contributed by atoms with Gasteiger partial charge in [0.05, 0.1) is 5.92 Å². The maximum atomic E-state index is 11.8. The summed E-state index contributed by atoms with van der Waals surface area (Å²) in [6.07, 6.45) is 1.29. The van der Waals surface area contributed by atoms with Crippen LogP contribution in [0, 0.1) is 23.7 Å². The van der Waals surface area contributed by atoms with Crippen molar-refractivity contribution in [3.05, 3.63) is 0 Å². The third-order valence-corrected chi connectivity index (χ3v) is 3.25. The minimum absolute atomic E-state index is 0.00114. The van der Waals surface area contributed by atoms with Gasteiger partial charge in [-0.2, -0.15) is 0 Å². The predicted octanol–water partition coefficient (Wildman–Crippen LogP) is 1.47. The van der Waals surface area contributed by atoms with Crippen molar-refractivity contribution in [2.24, 2.45) is 29.4 Å². The molecular formula is C14H28N2O3. The molecule has 0 saturated carbocycles. The average Bonchev–Trinajstić information content (AvgIpc) is 2.26. The first-order chi connectivity index (χ1) is 8.77. The Morgan fingerprint density at radius 3 is 2.16 bits per heavy atom. The topological polar surface area (TPSA) is 92.4 Å². The van der Waals surface area contributed by atoms with E-state index >= 15 is 0 Å². The second-order valence-electron chi connectivity index (χ2n) is 5.93. The lowest BCUT2D eigenvalue weighted by atomic mass is 9.93. The summed E-state index contributed by atoms with van der Waals surface area (Å²) in [4.78, 5) is 22.8. The van der Waals surface area contributed by atoms with E-state index in [0.29, 0.717) is 18.9 Å². The molecule has 0 rings (SSSR count). The monoisotopic (exact) mass is 272 g/mol. The highest BCUT2D eigenvalue weighted by atomic mass is 16.4. The highest BCUT2D eigenvalue weighted by molar-refractivity contribution is 5.77. The molecule has 112 valence electrons. The first kappa shape index (κ1) is 17.9. The molecule has 0 aromatic rings. The first-order valence-electron chi connectivity index (χ1n) is 6.97. The van der Waals surface area contributed by atoms with Crippen molar-refractivity contribution in [1.82, 2.24) is 5.32 Å². The van der Waals surface area contributed by atoms with Gasteiger partial charge in [-0.1, -0.05) is 27.7 Å².